The molecule has 0 amide bonds. The van der Waals surface area contributed by atoms with E-state index in [0.717, 1.165) is 32.1 Å². The minimum atomic E-state index is -0.0744. The van der Waals surface area contributed by atoms with Gasteiger partial charge in [-0.05, 0) is 43.6 Å². The van der Waals surface area contributed by atoms with Crippen LogP contribution >= 0.6 is 0 Å². The van der Waals surface area contributed by atoms with E-state index in [1.807, 2.05) is 18.2 Å². The molecule has 3 aliphatic rings. The highest BCUT2D eigenvalue weighted by Gasteiger charge is 2.57. The SMILES string of the molecule is CCCCOc1cccc2c1C(=O)C1C3CCC(C3)C1C2=O. The molecule has 0 aliphatic heterocycles. The van der Waals surface area contributed by atoms with Crippen molar-refractivity contribution in [3.8, 4) is 5.75 Å². The molecule has 3 heteroatoms. The Hall–Kier alpha value is -1.64. The van der Waals surface area contributed by atoms with Crippen molar-refractivity contribution in [1.29, 1.82) is 0 Å². The third-order valence-electron chi connectivity index (χ3n) is 5.82. The van der Waals surface area contributed by atoms with E-state index in [-0.39, 0.29) is 23.4 Å². The average Bonchev–Trinajstić information content (AvgIpc) is 3.14. The number of unbranched alkanes of at least 4 members (excludes halogenated alkanes) is 1. The molecule has 116 valence electrons. The second-order valence-electron chi connectivity index (χ2n) is 6.99. The fourth-order valence-corrected chi connectivity index (χ4v) is 4.83. The summed E-state index contributed by atoms with van der Waals surface area (Å²) in [7, 11) is 0. The van der Waals surface area contributed by atoms with Crippen LogP contribution in [0, 0.1) is 23.7 Å². The molecule has 0 spiro atoms. The molecular weight excluding hydrogens is 276 g/mol. The summed E-state index contributed by atoms with van der Waals surface area (Å²) in [5, 5.41) is 0. The highest BCUT2D eigenvalue weighted by atomic mass is 16.5. The van der Waals surface area contributed by atoms with E-state index in [1.165, 1.54) is 0 Å². The Balaban J connectivity index is 1.74. The van der Waals surface area contributed by atoms with Gasteiger partial charge in [0.1, 0.15) is 5.75 Å². The Morgan fingerprint density at radius 1 is 1.09 bits per heavy atom. The van der Waals surface area contributed by atoms with Crippen molar-refractivity contribution in [3.05, 3.63) is 29.3 Å². The van der Waals surface area contributed by atoms with Crippen molar-refractivity contribution in [2.45, 2.75) is 39.0 Å². The van der Waals surface area contributed by atoms with E-state index in [1.54, 1.807) is 0 Å². The smallest absolute Gasteiger partial charge is 0.171 e. The quantitative estimate of drug-likeness (QED) is 0.792. The van der Waals surface area contributed by atoms with Crippen LogP contribution in [-0.4, -0.2) is 18.2 Å². The fourth-order valence-electron chi connectivity index (χ4n) is 4.83. The molecule has 1 aromatic rings. The van der Waals surface area contributed by atoms with Crippen LogP contribution in [0.25, 0.3) is 0 Å². The molecule has 0 radical (unpaired) electrons. The Morgan fingerprint density at radius 2 is 1.82 bits per heavy atom. The normalized spacial score (nSPS) is 32.0. The van der Waals surface area contributed by atoms with E-state index in [2.05, 4.69) is 6.92 Å². The van der Waals surface area contributed by atoms with E-state index in [0.29, 0.717) is 35.3 Å². The molecule has 2 fully saturated rings. The first-order valence-corrected chi connectivity index (χ1v) is 8.56. The van der Waals surface area contributed by atoms with Gasteiger partial charge in [-0.1, -0.05) is 25.5 Å². The molecule has 0 heterocycles. The van der Waals surface area contributed by atoms with E-state index < -0.39 is 0 Å². The third-order valence-corrected chi connectivity index (χ3v) is 5.82. The fraction of sp³-hybridized carbons (Fsp3) is 0.579. The molecule has 3 aliphatic carbocycles. The lowest BCUT2D eigenvalue weighted by Crippen LogP contribution is -2.40. The minimum absolute atomic E-state index is 0.0513. The van der Waals surface area contributed by atoms with Crippen LogP contribution in [0.2, 0.25) is 0 Å². The zero-order valence-electron chi connectivity index (χ0n) is 13.0. The van der Waals surface area contributed by atoms with Gasteiger partial charge in [-0.2, -0.15) is 0 Å². The summed E-state index contributed by atoms with van der Waals surface area (Å²) in [6.45, 7) is 2.72. The van der Waals surface area contributed by atoms with Gasteiger partial charge in [-0.15, -0.1) is 0 Å². The molecule has 1 aromatic carbocycles. The zero-order chi connectivity index (χ0) is 15.3. The van der Waals surface area contributed by atoms with Gasteiger partial charge in [0.05, 0.1) is 12.2 Å². The van der Waals surface area contributed by atoms with Crippen molar-refractivity contribution in [2.24, 2.45) is 23.7 Å². The van der Waals surface area contributed by atoms with Gasteiger partial charge in [0.2, 0.25) is 0 Å². The number of hydrogen-bond donors (Lipinski definition) is 0. The molecule has 0 N–H and O–H groups in total. The lowest BCUT2D eigenvalue weighted by atomic mass is 9.67. The van der Waals surface area contributed by atoms with E-state index in [4.69, 9.17) is 4.74 Å². The molecule has 2 saturated carbocycles. The lowest BCUT2D eigenvalue weighted by molar-refractivity contribution is 0.0657. The van der Waals surface area contributed by atoms with Gasteiger partial charge in [-0.3, -0.25) is 9.59 Å². The number of ketones is 2. The number of carbonyl (C=O) groups excluding carboxylic acids is 2. The van der Waals surface area contributed by atoms with Gasteiger partial charge < -0.3 is 4.74 Å². The van der Waals surface area contributed by atoms with Crippen LogP contribution in [0.1, 0.15) is 59.7 Å². The van der Waals surface area contributed by atoms with Crippen LogP contribution in [0.15, 0.2) is 18.2 Å². The Bertz CT molecular complexity index is 634. The summed E-state index contributed by atoms with van der Waals surface area (Å²) in [6, 6.07) is 5.50. The van der Waals surface area contributed by atoms with Crippen LogP contribution in [0.5, 0.6) is 5.75 Å². The molecule has 0 saturated heterocycles. The lowest BCUT2D eigenvalue weighted by Gasteiger charge is -2.34. The number of rotatable bonds is 4. The summed E-state index contributed by atoms with van der Waals surface area (Å²) in [6.07, 6.45) is 5.30. The molecule has 22 heavy (non-hydrogen) atoms. The Kier molecular flexibility index (Phi) is 3.32. The van der Waals surface area contributed by atoms with E-state index in [9.17, 15) is 9.59 Å². The average molecular weight is 298 g/mol. The predicted octanol–water partition coefficient (Wildman–Crippen LogP) is 3.91. The Morgan fingerprint density at radius 3 is 2.55 bits per heavy atom. The number of carbonyl (C=O) groups is 2. The maximum atomic E-state index is 13.1. The summed E-state index contributed by atoms with van der Waals surface area (Å²) in [5.74, 6) is 1.70. The maximum Gasteiger partial charge on any atom is 0.171 e. The number of fused-ring (bicyclic) bond motifs is 6. The summed E-state index contributed by atoms with van der Waals surface area (Å²) >= 11 is 0. The molecule has 3 nitrogen and oxygen atoms in total. The minimum Gasteiger partial charge on any atom is -0.493 e. The first-order valence-electron chi connectivity index (χ1n) is 8.56. The number of benzene rings is 1. The standard InChI is InChI=1S/C19H22O3/c1-2-3-9-22-14-6-4-5-13-17(14)19(21)16-12-8-7-11(10-12)15(16)18(13)20/h4-6,11-12,15-16H,2-3,7-10H2,1H3. The molecule has 4 unspecified atom stereocenters. The first-order chi connectivity index (χ1) is 10.7. The number of Topliss-reactive ketones (excluding diaryl/α,β-unsaturated/α-hetero) is 2. The molecule has 0 aromatic heterocycles. The molecular formula is C19H22O3. The third kappa shape index (κ3) is 1.87. The van der Waals surface area contributed by atoms with Crippen molar-refractivity contribution < 1.29 is 14.3 Å². The zero-order valence-corrected chi connectivity index (χ0v) is 13.0. The van der Waals surface area contributed by atoms with Crippen molar-refractivity contribution >= 4 is 11.6 Å². The van der Waals surface area contributed by atoms with Crippen LogP contribution < -0.4 is 4.74 Å². The van der Waals surface area contributed by atoms with Crippen LogP contribution in [0.3, 0.4) is 0 Å². The first kappa shape index (κ1) is 14.0. The summed E-state index contributed by atoms with van der Waals surface area (Å²) in [4.78, 5) is 26.0. The summed E-state index contributed by atoms with van der Waals surface area (Å²) < 4.78 is 5.82. The topological polar surface area (TPSA) is 43.4 Å². The van der Waals surface area contributed by atoms with Crippen molar-refractivity contribution in [2.75, 3.05) is 6.61 Å². The second kappa shape index (κ2) is 5.22. The maximum absolute atomic E-state index is 13.1. The van der Waals surface area contributed by atoms with Crippen molar-refractivity contribution in [3.63, 3.8) is 0 Å². The molecule has 2 bridgehead atoms. The second-order valence-corrected chi connectivity index (χ2v) is 6.99. The van der Waals surface area contributed by atoms with Crippen molar-refractivity contribution in [1.82, 2.24) is 0 Å². The van der Waals surface area contributed by atoms with E-state index >= 15 is 0 Å². The predicted molar refractivity (Wildman–Crippen MR) is 83.3 cm³/mol. The van der Waals surface area contributed by atoms with Gasteiger partial charge >= 0.3 is 0 Å². The van der Waals surface area contributed by atoms with Gasteiger partial charge in [0.25, 0.3) is 0 Å². The number of hydrogen-bond acceptors (Lipinski definition) is 3. The molecule has 4 atom stereocenters. The van der Waals surface area contributed by atoms with Crippen LogP contribution in [0.4, 0.5) is 0 Å². The Labute approximate surface area is 131 Å². The monoisotopic (exact) mass is 298 g/mol. The molecule has 4 rings (SSSR count). The summed E-state index contributed by atoms with van der Waals surface area (Å²) in [5.41, 5.74) is 1.17. The van der Waals surface area contributed by atoms with Gasteiger partial charge in [0, 0.05) is 17.4 Å². The van der Waals surface area contributed by atoms with Crippen LogP contribution in [-0.2, 0) is 0 Å². The largest absolute Gasteiger partial charge is 0.493 e. The van der Waals surface area contributed by atoms with Gasteiger partial charge in [0.15, 0.2) is 11.6 Å². The highest BCUT2D eigenvalue weighted by Crippen LogP contribution is 2.56. The van der Waals surface area contributed by atoms with Gasteiger partial charge in [-0.25, -0.2) is 0 Å². The number of ether oxygens (including phenoxy) is 1. The highest BCUT2D eigenvalue weighted by molar-refractivity contribution is 6.18.